The topological polar surface area (TPSA) is 60.4 Å². The molecule has 94 valence electrons. The number of rotatable bonds is 3. The van der Waals surface area contributed by atoms with Crippen molar-refractivity contribution >= 4 is 16.9 Å². The Labute approximate surface area is 105 Å². The smallest absolute Gasteiger partial charge is 0.128 e. The van der Waals surface area contributed by atoms with Crippen molar-refractivity contribution in [2.45, 2.75) is 25.4 Å². The van der Waals surface area contributed by atoms with Crippen LogP contribution in [0.4, 0.5) is 0 Å². The summed E-state index contributed by atoms with van der Waals surface area (Å²) < 4.78 is 0. The number of para-hydroxylation sites is 1. The number of carbonyl (C=O) groups excluding carboxylic acids is 1. The molecular formula is C14H16N2O2. The average molecular weight is 244 g/mol. The van der Waals surface area contributed by atoms with Crippen LogP contribution in [0.1, 0.15) is 18.4 Å². The Morgan fingerprint density at radius 1 is 1.44 bits per heavy atom. The monoisotopic (exact) mass is 244 g/mol. The van der Waals surface area contributed by atoms with Gasteiger partial charge in [-0.25, -0.2) is 0 Å². The Morgan fingerprint density at radius 3 is 3.11 bits per heavy atom. The maximum Gasteiger partial charge on any atom is 0.128 e. The number of carboxylic acids is 1. The number of fused-ring (bicyclic) bond motifs is 1. The Morgan fingerprint density at radius 2 is 2.28 bits per heavy atom. The molecule has 0 spiro atoms. The van der Waals surface area contributed by atoms with Crippen molar-refractivity contribution in [2.75, 3.05) is 6.54 Å². The molecular weight excluding hydrogens is 228 g/mol. The maximum absolute atomic E-state index is 11.1. The number of carbonyl (C=O) groups is 1. The van der Waals surface area contributed by atoms with Gasteiger partial charge in [-0.15, -0.1) is 0 Å². The minimum atomic E-state index is -0.914. The summed E-state index contributed by atoms with van der Waals surface area (Å²) in [6, 6.07) is 7.77. The number of hydrogen-bond acceptors (Lipinski definition) is 2. The molecule has 2 N–H and O–H groups in total. The van der Waals surface area contributed by atoms with Gasteiger partial charge in [-0.1, -0.05) is 18.2 Å². The van der Waals surface area contributed by atoms with Crippen molar-refractivity contribution in [1.29, 1.82) is 0 Å². The SMILES string of the molecule is O=C([O-])C1CCC[NH+]1Cc1c[nH]c2ccccc12. The van der Waals surface area contributed by atoms with Gasteiger partial charge in [0.25, 0.3) is 0 Å². The molecule has 0 radical (unpaired) electrons. The molecule has 18 heavy (non-hydrogen) atoms. The first kappa shape index (κ1) is 11.3. The van der Waals surface area contributed by atoms with Gasteiger partial charge in [0.05, 0.1) is 12.5 Å². The number of hydrogen-bond donors (Lipinski definition) is 2. The lowest BCUT2D eigenvalue weighted by Crippen LogP contribution is -3.13. The molecule has 0 saturated carbocycles. The van der Waals surface area contributed by atoms with Gasteiger partial charge in [-0.05, 0) is 6.07 Å². The van der Waals surface area contributed by atoms with Crippen LogP contribution in [0.15, 0.2) is 30.5 Å². The number of nitrogens with one attached hydrogen (secondary N) is 2. The molecule has 1 fully saturated rings. The van der Waals surface area contributed by atoms with Gasteiger partial charge in [0.2, 0.25) is 0 Å². The Balaban J connectivity index is 1.86. The molecule has 2 unspecified atom stereocenters. The van der Waals surface area contributed by atoms with E-state index >= 15 is 0 Å². The quantitative estimate of drug-likeness (QED) is 0.762. The van der Waals surface area contributed by atoms with E-state index in [-0.39, 0.29) is 6.04 Å². The zero-order valence-electron chi connectivity index (χ0n) is 10.1. The second-order valence-electron chi connectivity index (χ2n) is 4.96. The lowest BCUT2D eigenvalue weighted by atomic mass is 10.1. The molecule has 1 aromatic carbocycles. The summed E-state index contributed by atoms with van der Waals surface area (Å²) in [5.74, 6) is -0.914. The summed E-state index contributed by atoms with van der Waals surface area (Å²) in [5.41, 5.74) is 2.30. The van der Waals surface area contributed by atoms with Crippen molar-refractivity contribution in [2.24, 2.45) is 0 Å². The zero-order chi connectivity index (χ0) is 12.5. The molecule has 3 rings (SSSR count). The zero-order valence-corrected chi connectivity index (χ0v) is 10.1. The Kier molecular flexibility index (Phi) is 2.80. The van der Waals surface area contributed by atoms with E-state index in [2.05, 4.69) is 11.1 Å². The standard InChI is InChI=1S/C14H16N2O2/c17-14(18)13-6-3-7-16(13)9-10-8-15-12-5-2-1-4-11(10)12/h1-2,4-5,8,13,15H,3,6-7,9H2,(H,17,18). The van der Waals surface area contributed by atoms with E-state index in [4.69, 9.17) is 0 Å². The molecule has 1 aromatic heterocycles. The fourth-order valence-electron chi connectivity index (χ4n) is 2.93. The third kappa shape index (κ3) is 1.88. The number of likely N-dealkylation sites (tertiary alicyclic amines) is 1. The molecule has 2 aromatic rings. The Hall–Kier alpha value is -1.81. The summed E-state index contributed by atoms with van der Waals surface area (Å²) in [6.07, 6.45) is 3.69. The molecule has 4 heteroatoms. The van der Waals surface area contributed by atoms with Crippen molar-refractivity contribution in [3.63, 3.8) is 0 Å². The number of carboxylic acid groups (broad SMARTS) is 1. The highest BCUT2D eigenvalue weighted by Gasteiger charge is 2.29. The average Bonchev–Trinajstić information content (AvgIpc) is 2.97. The summed E-state index contributed by atoms with van der Waals surface area (Å²) in [7, 11) is 0. The number of quaternary nitrogens is 1. The predicted octanol–water partition coefficient (Wildman–Crippen LogP) is -0.535. The number of aromatic amines is 1. The molecule has 1 saturated heterocycles. The maximum atomic E-state index is 11.1. The molecule has 1 aliphatic heterocycles. The third-order valence-electron chi connectivity index (χ3n) is 3.86. The number of aliphatic carboxylic acids is 1. The highest BCUT2D eigenvalue weighted by atomic mass is 16.4. The van der Waals surface area contributed by atoms with Crippen molar-refractivity contribution < 1.29 is 14.8 Å². The van der Waals surface area contributed by atoms with Gasteiger partial charge in [-0.2, -0.15) is 0 Å². The highest BCUT2D eigenvalue weighted by molar-refractivity contribution is 5.82. The van der Waals surface area contributed by atoms with Crippen LogP contribution in [-0.2, 0) is 11.3 Å². The summed E-state index contributed by atoms with van der Waals surface area (Å²) >= 11 is 0. The third-order valence-corrected chi connectivity index (χ3v) is 3.86. The first-order chi connectivity index (χ1) is 8.75. The van der Waals surface area contributed by atoms with Crippen LogP contribution in [0.5, 0.6) is 0 Å². The number of aromatic nitrogens is 1. The second-order valence-corrected chi connectivity index (χ2v) is 4.96. The van der Waals surface area contributed by atoms with E-state index in [1.807, 2.05) is 24.4 Å². The predicted molar refractivity (Wildman–Crippen MR) is 65.9 cm³/mol. The molecule has 4 nitrogen and oxygen atoms in total. The fourth-order valence-corrected chi connectivity index (χ4v) is 2.93. The largest absolute Gasteiger partial charge is 0.544 e. The molecule has 2 heterocycles. The van der Waals surface area contributed by atoms with E-state index in [9.17, 15) is 9.90 Å². The van der Waals surface area contributed by atoms with Gasteiger partial charge < -0.3 is 19.8 Å². The van der Waals surface area contributed by atoms with Crippen molar-refractivity contribution in [3.8, 4) is 0 Å². The van der Waals surface area contributed by atoms with E-state index in [1.54, 1.807) is 0 Å². The van der Waals surface area contributed by atoms with E-state index < -0.39 is 5.97 Å². The first-order valence-corrected chi connectivity index (χ1v) is 6.36. The van der Waals surface area contributed by atoms with E-state index in [1.165, 1.54) is 10.9 Å². The van der Waals surface area contributed by atoms with Crippen LogP contribution in [0.2, 0.25) is 0 Å². The summed E-state index contributed by atoms with van der Waals surface area (Å²) in [6.45, 7) is 1.67. The van der Waals surface area contributed by atoms with Crippen LogP contribution < -0.4 is 10.0 Å². The van der Waals surface area contributed by atoms with Gasteiger partial charge in [0.1, 0.15) is 12.6 Å². The Bertz CT molecular complexity index is 576. The van der Waals surface area contributed by atoms with Crippen LogP contribution in [0.25, 0.3) is 10.9 Å². The molecule has 0 amide bonds. The van der Waals surface area contributed by atoms with Crippen LogP contribution in [0, 0.1) is 0 Å². The van der Waals surface area contributed by atoms with Crippen LogP contribution in [0.3, 0.4) is 0 Å². The van der Waals surface area contributed by atoms with Crippen LogP contribution in [-0.4, -0.2) is 23.5 Å². The minimum absolute atomic E-state index is 0.348. The van der Waals surface area contributed by atoms with Crippen molar-refractivity contribution in [1.82, 2.24) is 4.98 Å². The van der Waals surface area contributed by atoms with Gasteiger partial charge in [-0.3, -0.25) is 0 Å². The number of benzene rings is 1. The van der Waals surface area contributed by atoms with Gasteiger partial charge >= 0.3 is 0 Å². The molecule has 0 aliphatic carbocycles. The number of H-pyrrole nitrogens is 1. The molecule has 1 aliphatic rings. The van der Waals surface area contributed by atoms with E-state index in [0.29, 0.717) is 0 Å². The lowest BCUT2D eigenvalue weighted by Gasteiger charge is -2.21. The second kappa shape index (κ2) is 4.46. The lowest BCUT2D eigenvalue weighted by molar-refractivity contribution is -0.919. The van der Waals surface area contributed by atoms with Gasteiger partial charge in [0, 0.05) is 35.5 Å². The normalized spacial score (nSPS) is 23.6. The van der Waals surface area contributed by atoms with Crippen LogP contribution >= 0.6 is 0 Å². The van der Waals surface area contributed by atoms with Crippen molar-refractivity contribution in [3.05, 3.63) is 36.0 Å². The fraction of sp³-hybridized carbons (Fsp3) is 0.357. The minimum Gasteiger partial charge on any atom is -0.544 e. The molecule has 0 bridgehead atoms. The van der Waals surface area contributed by atoms with Gasteiger partial charge in [0.15, 0.2) is 0 Å². The first-order valence-electron chi connectivity index (χ1n) is 6.36. The molecule has 2 atom stereocenters. The van der Waals surface area contributed by atoms with E-state index in [0.717, 1.165) is 36.3 Å². The summed E-state index contributed by atoms with van der Waals surface area (Å²) in [5, 5.41) is 12.3. The summed E-state index contributed by atoms with van der Waals surface area (Å²) in [4.78, 5) is 15.4. The highest BCUT2D eigenvalue weighted by Crippen LogP contribution is 2.17.